The van der Waals surface area contributed by atoms with Crippen molar-refractivity contribution < 1.29 is 14.6 Å². The van der Waals surface area contributed by atoms with Gasteiger partial charge in [0.1, 0.15) is 11.8 Å². The average molecular weight is 227 g/mol. The van der Waals surface area contributed by atoms with E-state index in [1.165, 1.54) is 7.11 Å². The first-order valence-electron chi connectivity index (χ1n) is 4.30. The Morgan fingerprint density at radius 3 is 2.73 bits per heavy atom. The van der Waals surface area contributed by atoms with E-state index in [0.29, 0.717) is 11.3 Å². The summed E-state index contributed by atoms with van der Waals surface area (Å²) >= 11 is 1.56. The smallest absolute Gasteiger partial charge is 0.325 e. The monoisotopic (exact) mass is 227 g/mol. The van der Waals surface area contributed by atoms with Crippen molar-refractivity contribution >= 4 is 17.7 Å². The van der Waals surface area contributed by atoms with Crippen LogP contribution in [-0.4, -0.2) is 24.4 Å². The first-order valence-corrected chi connectivity index (χ1v) is 5.53. The number of hydrogen-bond donors (Lipinski definition) is 2. The molecule has 0 aliphatic rings. The standard InChI is InChI=1S/C10H13NO3S/c1-14-8-5-6(15-2)3-4-7(8)9(11)10(12)13/h3-5,9H,11H2,1-2H3,(H,12,13). The molecule has 0 fully saturated rings. The van der Waals surface area contributed by atoms with Crippen LogP contribution in [-0.2, 0) is 4.79 Å². The molecule has 0 saturated heterocycles. The second-order valence-electron chi connectivity index (χ2n) is 2.92. The van der Waals surface area contributed by atoms with E-state index < -0.39 is 12.0 Å². The number of nitrogens with two attached hydrogens (primary N) is 1. The van der Waals surface area contributed by atoms with Gasteiger partial charge in [0.25, 0.3) is 0 Å². The highest BCUT2D eigenvalue weighted by atomic mass is 32.2. The maximum atomic E-state index is 10.7. The highest BCUT2D eigenvalue weighted by Gasteiger charge is 2.18. The summed E-state index contributed by atoms with van der Waals surface area (Å²) in [4.78, 5) is 11.7. The Hall–Kier alpha value is -1.20. The molecule has 15 heavy (non-hydrogen) atoms. The van der Waals surface area contributed by atoms with E-state index in [1.54, 1.807) is 23.9 Å². The number of benzene rings is 1. The Balaban J connectivity index is 3.12. The van der Waals surface area contributed by atoms with Crippen LogP contribution < -0.4 is 10.5 Å². The summed E-state index contributed by atoms with van der Waals surface area (Å²) < 4.78 is 5.10. The Morgan fingerprint density at radius 1 is 1.60 bits per heavy atom. The van der Waals surface area contributed by atoms with Crippen molar-refractivity contribution in [3.05, 3.63) is 23.8 Å². The van der Waals surface area contributed by atoms with Crippen molar-refractivity contribution in [2.45, 2.75) is 10.9 Å². The lowest BCUT2D eigenvalue weighted by atomic mass is 10.1. The first-order chi connectivity index (χ1) is 7.10. The molecular weight excluding hydrogens is 214 g/mol. The van der Waals surface area contributed by atoms with Gasteiger partial charge < -0.3 is 15.6 Å². The molecule has 0 spiro atoms. The van der Waals surface area contributed by atoms with Crippen LogP contribution in [0.3, 0.4) is 0 Å². The van der Waals surface area contributed by atoms with Crippen LogP contribution >= 0.6 is 11.8 Å². The summed E-state index contributed by atoms with van der Waals surface area (Å²) in [5.41, 5.74) is 6.01. The molecule has 0 aliphatic heterocycles. The van der Waals surface area contributed by atoms with Crippen LogP contribution in [0, 0.1) is 0 Å². The normalized spacial score (nSPS) is 12.2. The fourth-order valence-corrected chi connectivity index (χ4v) is 1.64. The number of methoxy groups -OCH3 is 1. The molecule has 0 aromatic heterocycles. The molecule has 0 aliphatic carbocycles. The van der Waals surface area contributed by atoms with Crippen LogP contribution in [0.2, 0.25) is 0 Å². The van der Waals surface area contributed by atoms with Gasteiger partial charge in [-0.05, 0) is 18.4 Å². The summed E-state index contributed by atoms with van der Waals surface area (Å²) in [6, 6.07) is 4.24. The van der Waals surface area contributed by atoms with Gasteiger partial charge in [-0.3, -0.25) is 4.79 Å². The predicted octanol–water partition coefficient (Wildman–Crippen LogP) is 1.50. The number of carboxylic acids is 1. The Morgan fingerprint density at radius 2 is 2.27 bits per heavy atom. The molecule has 1 unspecified atom stereocenters. The molecule has 1 aromatic carbocycles. The maximum absolute atomic E-state index is 10.7. The fourth-order valence-electron chi connectivity index (χ4n) is 1.21. The summed E-state index contributed by atoms with van der Waals surface area (Å²) in [5.74, 6) is -0.554. The molecule has 5 heteroatoms. The number of hydrogen-bond acceptors (Lipinski definition) is 4. The second-order valence-corrected chi connectivity index (χ2v) is 3.80. The van der Waals surface area contributed by atoms with Crippen LogP contribution in [0.4, 0.5) is 0 Å². The largest absolute Gasteiger partial charge is 0.496 e. The minimum absolute atomic E-state index is 0.489. The molecule has 0 radical (unpaired) electrons. The van der Waals surface area contributed by atoms with E-state index in [0.717, 1.165) is 4.90 Å². The van der Waals surface area contributed by atoms with Crippen molar-refractivity contribution in [2.75, 3.05) is 13.4 Å². The van der Waals surface area contributed by atoms with Crippen molar-refractivity contribution in [1.29, 1.82) is 0 Å². The molecule has 0 saturated carbocycles. The Labute approximate surface area is 92.4 Å². The van der Waals surface area contributed by atoms with Gasteiger partial charge in [-0.15, -0.1) is 11.8 Å². The third-order valence-electron chi connectivity index (χ3n) is 2.04. The number of carboxylic acid groups (broad SMARTS) is 1. The average Bonchev–Trinajstić information content (AvgIpc) is 2.27. The highest BCUT2D eigenvalue weighted by molar-refractivity contribution is 7.98. The topological polar surface area (TPSA) is 72.5 Å². The van der Waals surface area contributed by atoms with Gasteiger partial charge >= 0.3 is 5.97 Å². The summed E-state index contributed by atoms with van der Waals surface area (Å²) in [7, 11) is 1.50. The highest BCUT2D eigenvalue weighted by Crippen LogP contribution is 2.28. The summed E-state index contributed by atoms with van der Waals surface area (Å²) in [6.45, 7) is 0. The molecule has 4 nitrogen and oxygen atoms in total. The van der Waals surface area contributed by atoms with Crippen LogP contribution in [0.1, 0.15) is 11.6 Å². The molecule has 0 amide bonds. The van der Waals surface area contributed by atoms with Crippen molar-refractivity contribution in [2.24, 2.45) is 5.73 Å². The van der Waals surface area contributed by atoms with E-state index >= 15 is 0 Å². The lowest BCUT2D eigenvalue weighted by molar-refractivity contribution is -0.138. The van der Waals surface area contributed by atoms with E-state index in [1.807, 2.05) is 12.3 Å². The Kier molecular flexibility index (Phi) is 3.99. The molecule has 1 aromatic rings. The van der Waals surface area contributed by atoms with Gasteiger partial charge in [-0.25, -0.2) is 0 Å². The van der Waals surface area contributed by atoms with Crippen LogP contribution in [0.25, 0.3) is 0 Å². The van der Waals surface area contributed by atoms with Crippen molar-refractivity contribution in [1.82, 2.24) is 0 Å². The molecule has 0 bridgehead atoms. The quantitative estimate of drug-likeness (QED) is 0.763. The summed E-state index contributed by atoms with van der Waals surface area (Å²) in [5, 5.41) is 8.80. The lowest BCUT2D eigenvalue weighted by Crippen LogP contribution is -2.21. The SMILES string of the molecule is COc1cc(SC)ccc1C(N)C(=O)O. The zero-order valence-electron chi connectivity index (χ0n) is 8.56. The summed E-state index contributed by atoms with van der Waals surface area (Å²) in [6.07, 6.45) is 1.94. The molecular formula is C10H13NO3S. The van der Waals surface area contributed by atoms with Gasteiger partial charge in [-0.2, -0.15) is 0 Å². The third-order valence-corrected chi connectivity index (χ3v) is 2.77. The van der Waals surface area contributed by atoms with Gasteiger partial charge in [0.05, 0.1) is 7.11 Å². The number of ether oxygens (including phenoxy) is 1. The van der Waals surface area contributed by atoms with Crippen LogP contribution in [0.5, 0.6) is 5.75 Å². The number of aliphatic carboxylic acids is 1. The number of carbonyl (C=O) groups is 1. The van der Waals surface area contributed by atoms with Gasteiger partial charge in [0.2, 0.25) is 0 Å². The number of rotatable bonds is 4. The molecule has 3 N–H and O–H groups in total. The minimum Gasteiger partial charge on any atom is -0.496 e. The first kappa shape index (κ1) is 11.9. The molecule has 0 heterocycles. The van der Waals surface area contributed by atoms with E-state index in [2.05, 4.69) is 0 Å². The number of thioether (sulfide) groups is 1. The zero-order chi connectivity index (χ0) is 11.4. The second kappa shape index (κ2) is 5.04. The van der Waals surface area contributed by atoms with Crippen molar-refractivity contribution in [3.8, 4) is 5.75 Å². The third kappa shape index (κ3) is 2.64. The van der Waals surface area contributed by atoms with E-state index in [9.17, 15) is 4.79 Å². The fraction of sp³-hybridized carbons (Fsp3) is 0.300. The lowest BCUT2D eigenvalue weighted by Gasteiger charge is -2.12. The van der Waals surface area contributed by atoms with Gasteiger partial charge in [-0.1, -0.05) is 6.07 Å². The molecule has 82 valence electrons. The Bertz CT molecular complexity index is 368. The van der Waals surface area contributed by atoms with Crippen molar-refractivity contribution in [3.63, 3.8) is 0 Å². The van der Waals surface area contributed by atoms with Gasteiger partial charge in [0, 0.05) is 10.5 Å². The zero-order valence-corrected chi connectivity index (χ0v) is 9.38. The maximum Gasteiger partial charge on any atom is 0.325 e. The van der Waals surface area contributed by atoms with E-state index in [4.69, 9.17) is 15.6 Å². The minimum atomic E-state index is -1.06. The van der Waals surface area contributed by atoms with Gasteiger partial charge in [0.15, 0.2) is 0 Å². The molecule has 1 rings (SSSR count). The van der Waals surface area contributed by atoms with Crippen LogP contribution in [0.15, 0.2) is 23.1 Å². The molecule has 1 atom stereocenters. The predicted molar refractivity (Wildman–Crippen MR) is 59.3 cm³/mol. The van der Waals surface area contributed by atoms with E-state index in [-0.39, 0.29) is 0 Å².